The van der Waals surface area contributed by atoms with Crippen molar-refractivity contribution < 1.29 is 9.18 Å². The molecule has 1 aromatic heterocycles. The van der Waals surface area contributed by atoms with Crippen LogP contribution in [0.2, 0.25) is 0 Å². The second kappa shape index (κ2) is 4.93. The first-order chi connectivity index (χ1) is 7.54. The van der Waals surface area contributed by atoms with Crippen molar-refractivity contribution in [1.29, 1.82) is 0 Å². The minimum Gasteiger partial charge on any atom is -0.344 e. The summed E-state index contributed by atoms with van der Waals surface area (Å²) in [4.78, 5) is 34.7. The number of aromatic amines is 1. The summed E-state index contributed by atoms with van der Waals surface area (Å²) in [5.74, 6) is 0.484. The summed E-state index contributed by atoms with van der Waals surface area (Å²) in [5, 5.41) is 2.29. The van der Waals surface area contributed by atoms with E-state index < -0.39 is 29.5 Å². The van der Waals surface area contributed by atoms with E-state index in [2.05, 4.69) is 11.2 Å². The lowest BCUT2D eigenvalue weighted by Gasteiger charge is -2.04. The number of nitrogens with one attached hydrogen (secondary N) is 2. The van der Waals surface area contributed by atoms with Crippen molar-refractivity contribution in [3.05, 3.63) is 32.9 Å². The third-order valence-corrected chi connectivity index (χ3v) is 1.67. The van der Waals surface area contributed by atoms with Crippen molar-refractivity contribution in [2.24, 2.45) is 0 Å². The molecule has 0 unspecified atom stereocenters. The number of hydrogen-bond acceptors (Lipinski definition) is 3. The number of aromatic nitrogens is 2. The van der Waals surface area contributed by atoms with E-state index in [4.69, 9.17) is 6.42 Å². The molecule has 1 rings (SSSR count). The fraction of sp³-hybridized carbons (Fsp3) is 0.222. The van der Waals surface area contributed by atoms with E-state index in [9.17, 15) is 18.8 Å². The van der Waals surface area contributed by atoms with Crippen molar-refractivity contribution in [3.63, 3.8) is 0 Å². The molecule has 0 radical (unpaired) electrons. The third kappa shape index (κ3) is 2.81. The average Bonchev–Trinajstić information content (AvgIpc) is 2.23. The molecule has 0 saturated heterocycles. The summed E-state index contributed by atoms with van der Waals surface area (Å²) >= 11 is 0. The van der Waals surface area contributed by atoms with Gasteiger partial charge in [-0.05, 0) is 0 Å². The second-order valence-corrected chi connectivity index (χ2v) is 2.85. The van der Waals surface area contributed by atoms with Gasteiger partial charge >= 0.3 is 5.69 Å². The van der Waals surface area contributed by atoms with Crippen LogP contribution in [0.4, 0.5) is 4.39 Å². The summed E-state index contributed by atoms with van der Waals surface area (Å²) in [6.07, 6.45) is 5.57. The predicted molar refractivity (Wildman–Crippen MR) is 53.1 cm³/mol. The van der Waals surface area contributed by atoms with Crippen LogP contribution in [0.5, 0.6) is 0 Å². The van der Waals surface area contributed by atoms with E-state index in [1.54, 1.807) is 4.98 Å². The van der Waals surface area contributed by atoms with E-state index in [1.807, 2.05) is 0 Å². The number of amides is 1. The Bertz CT molecular complexity index is 552. The summed E-state index contributed by atoms with van der Waals surface area (Å²) < 4.78 is 13.5. The molecular weight excluding hydrogens is 217 g/mol. The minimum absolute atomic E-state index is 0.0133. The molecule has 0 aliphatic heterocycles. The van der Waals surface area contributed by atoms with Crippen LogP contribution in [0, 0.1) is 18.2 Å². The first-order valence-electron chi connectivity index (χ1n) is 4.24. The smallest absolute Gasteiger partial charge is 0.328 e. The number of rotatable bonds is 3. The van der Waals surface area contributed by atoms with Crippen molar-refractivity contribution in [3.8, 4) is 12.3 Å². The van der Waals surface area contributed by atoms with E-state index >= 15 is 0 Å². The van der Waals surface area contributed by atoms with E-state index in [0.717, 1.165) is 4.57 Å². The zero-order chi connectivity index (χ0) is 12.1. The van der Waals surface area contributed by atoms with Crippen LogP contribution in [0.25, 0.3) is 0 Å². The van der Waals surface area contributed by atoms with Crippen LogP contribution in [-0.2, 0) is 11.3 Å². The van der Waals surface area contributed by atoms with Crippen molar-refractivity contribution in [2.75, 3.05) is 6.54 Å². The summed E-state index contributed by atoms with van der Waals surface area (Å²) in [6.45, 7) is -0.395. The molecule has 1 aromatic rings. The fourth-order valence-corrected chi connectivity index (χ4v) is 0.960. The van der Waals surface area contributed by atoms with E-state index in [1.165, 1.54) is 0 Å². The summed E-state index contributed by atoms with van der Waals surface area (Å²) in [5.41, 5.74) is -1.98. The molecule has 2 N–H and O–H groups in total. The predicted octanol–water partition coefficient (Wildman–Crippen LogP) is -1.57. The van der Waals surface area contributed by atoms with Gasteiger partial charge in [0.15, 0.2) is 0 Å². The highest BCUT2D eigenvalue weighted by atomic mass is 19.1. The number of terminal acetylenes is 1. The van der Waals surface area contributed by atoms with Gasteiger partial charge in [0, 0.05) is 0 Å². The molecule has 7 heteroatoms. The Morgan fingerprint density at radius 2 is 2.31 bits per heavy atom. The second-order valence-electron chi connectivity index (χ2n) is 2.85. The fourth-order valence-electron chi connectivity index (χ4n) is 0.960. The monoisotopic (exact) mass is 225 g/mol. The molecule has 0 aromatic carbocycles. The SMILES string of the molecule is C#CCNC(=O)Cn1cc(F)c(=O)[nH]c1=O. The summed E-state index contributed by atoms with van der Waals surface area (Å²) in [7, 11) is 0. The van der Waals surface area contributed by atoms with Crippen LogP contribution >= 0.6 is 0 Å². The quantitative estimate of drug-likeness (QED) is 0.609. The van der Waals surface area contributed by atoms with Gasteiger partial charge in [-0.3, -0.25) is 19.1 Å². The maximum atomic E-state index is 12.8. The molecule has 1 amide bonds. The Morgan fingerprint density at radius 3 is 2.94 bits per heavy atom. The highest BCUT2D eigenvalue weighted by Gasteiger charge is 2.07. The highest BCUT2D eigenvalue weighted by molar-refractivity contribution is 5.75. The van der Waals surface area contributed by atoms with Gasteiger partial charge in [0.05, 0.1) is 12.7 Å². The molecular formula is C9H8FN3O3. The molecule has 0 fully saturated rings. The van der Waals surface area contributed by atoms with Gasteiger partial charge < -0.3 is 5.32 Å². The number of H-pyrrole nitrogens is 1. The molecule has 16 heavy (non-hydrogen) atoms. The van der Waals surface area contributed by atoms with Crippen molar-refractivity contribution in [2.45, 2.75) is 6.54 Å². The molecule has 0 bridgehead atoms. The topological polar surface area (TPSA) is 84.0 Å². The average molecular weight is 225 g/mol. The number of halogens is 1. The largest absolute Gasteiger partial charge is 0.344 e. The molecule has 0 spiro atoms. The highest BCUT2D eigenvalue weighted by Crippen LogP contribution is 1.84. The Balaban J connectivity index is 2.87. The Labute approximate surface area is 89.1 Å². The van der Waals surface area contributed by atoms with Gasteiger partial charge in [0.2, 0.25) is 11.7 Å². The van der Waals surface area contributed by atoms with Crippen LogP contribution in [0.15, 0.2) is 15.8 Å². The lowest BCUT2D eigenvalue weighted by Crippen LogP contribution is -2.36. The summed E-state index contributed by atoms with van der Waals surface area (Å²) in [6, 6.07) is 0. The molecule has 6 nitrogen and oxygen atoms in total. The first-order valence-corrected chi connectivity index (χ1v) is 4.24. The van der Waals surface area contributed by atoms with Crippen LogP contribution in [0.1, 0.15) is 0 Å². The van der Waals surface area contributed by atoms with Gasteiger partial charge in [-0.15, -0.1) is 6.42 Å². The number of carbonyl (C=O) groups is 1. The molecule has 0 aliphatic rings. The Morgan fingerprint density at radius 1 is 1.62 bits per heavy atom. The van der Waals surface area contributed by atoms with Gasteiger partial charge in [-0.2, -0.15) is 4.39 Å². The molecule has 0 aliphatic carbocycles. The third-order valence-electron chi connectivity index (χ3n) is 1.67. The van der Waals surface area contributed by atoms with Gasteiger partial charge in [-0.1, -0.05) is 5.92 Å². The van der Waals surface area contributed by atoms with Gasteiger partial charge in [0.1, 0.15) is 6.54 Å². The number of carbonyl (C=O) groups excluding carboxylic acids is 1. The van der Waals surface area contributed by atoms with E-state index in [-0.39, 0.29) is 6.54 Å². The van der Waals surface area contributed by atoms with Crippen LogP contribution in [0.3, 0.4) is 0 Å². The minimum atomic E-state index is -1.13. The van der Waals surface area contributed by atoms with Crippen molar-refractivity contribution in [1.82, 2.24) is 14.9 Å². The maximum Gasteiger partial charge on any atom is 0.328 e. The Kier molecular flexibility index (Phi) is 3.61. The number of nitrogens with zero attached hydrogens (tertiary/aromatic N) is 1. The standard InChI is InChI=1S/C9H8FN3O3/c1-2-3-11-7(14)5-13-4-6(10)8(15)12-9(13)16/h1,4H,3,5H2,(H,11,14)(H,12,15,16). The first kappa shape index (κ1) is 11.7. The van der Waals surface area contributed by atoms with Crippen LogP contribution in [-0.4, -0.2) is 22.0 Å². The van der Waals surface area contributed by atoms with Crippen molar-refractivity contribution >= 4 is 5.91 Å². The lowest BCUT2D eigenvalue weighted by molar-refractivity contribution is -0.121. The molecule has 0 atom stereocenters. The molecule has 1 heterocycles. The molecule has 0 saturated carbocycles. The van der Waals surface area contributed by atoms with Gasteiger partial charge in [0.25, 0.3) is 5.56 Å². The van der Waals surface area contributed by atoms with Crippen LogP contribution < -0.4 is 16.6 Å². The Hall–Kier alpha value is -2.36. The van der Waals surface area contributed by atoms with Gasteiger partial charge in [-0.25, -0.2) is 4.79 Å². The maximum absolute atomic E-state index is 12.8. The normalized spacial score (nSPS) is 9.50. The zero-order valence-corrected chi connectivity index (χ0v) is 8.12. The number of hydrogen-bond donors (Lipinski definition) is 2. The zero-order valence-electron chi connectivity index (χ0n) is 8.12. The van der Waals surface area contributed by atoms with E-state index in [0.29, 0.717) is 6.20 Å². The molecule has 84 valence electrons. The lowest BCUT2D eigenvalue weighted by atomic mass is 10.5.